The molecule has 4 rings (SSSR count). The quantitative estimate of drug-likeness (QED) is 0.0973. The van der Waals surface area contributed by atoms with E-state index in [0.717, 1.165) is 0 Å². The Labute approximate surface area is 254 Å². The van der Waals surface area contributed by atoms with Gasteiger partial charge < -0.3 is 105 Å². The van der Waals surface area contributed by atoms with E-state index in [1.165, 1.54) is 0 Å². The summed E-state index contributed by atoms with van der Waals surface area (Å²) >= 11 is 0. The van der Waals surface area contributed by atoms with Crippen molar-refractivity contribution in [2.24, 2.45) is 5.92 Å². The molecule has 0 bridgehead atoms. The minimum atomic E-state index is -2.57. The zero-order valence-electron chi connectivity index (χ0n) is 23.5. The zero-order chi connectivity index (χ0) is 33.4. The Kier molecular flexibility index (Phi) is 12.5. The minimum Gasteiger partial charge on any atom is -0.396 e. The number of hydrogen-bond acceptors (Lipinski definition) is 21. The van der Waals surface area contributed by atoms with E-state index >= 15 is 0 Å². The highest BCUT2D eigenvalue weighted by atomic mass is 16.8. The molecule has 4 heterocycles. The maximum absolute atomic E-state index is 10.9. The van der Waals surface area contributed by atoms with E-state index in [4.69, 9.17) is 33.2 Å². The predicted octanol–water partition coefficient (Wildman–Crippen LogP) is -9.54. The van der Waals surface area contributed by atoms with Crippen molar-refractivity contribution in [2.75, 3.05) is 33.0 Å². The lowest BCUT2D eigenvalue weighted by molar-refractivity contribution is -0.403. The first-order chi connectivity index (χ1) is 21.2. The molecule has 4 fully saturated rings. The van der Waals surface area contributed by atoms with E-state index in [0.29, 0.717) is 0 Å². The van der Waals surface area contributed by atoms with E-state index in [9.17, 15) is 71.5 Å². The minimum absolute atomic E-state index is 0.729. The fraction of sp³-hybridized carbons (Fsp3) is 1.00. The molecule has 4 aliphatic rings. The molecule has 19 atom stereocenters. The second-order valence-electron chi connectivity index (χ2n) is 11.3. The molecule has 0 unspecified atom stereocenters. The largest absolute Gasteiger partial charge is 0.396 e. The molecule has 0 radical (unpaired) electrons. The van der Waals surface area contributed by atoms with Crippen LogP contribution in [0.25, 0.3) is 0 Å². The van der Waals surface area contributed by atoms with Gasteiger partial charge in [0.25, 0.3) is 0 Å². The lowest BCUT2D eigenvalue weighted by Crippen LogP contribution is -2.64. The zero-order valence-corrected chi connectivity index (χ0v) is 23.5. The monoisotopic (exact) mass is 666 g/mol. The number of rotatable bonds is 11. The molecule has 0 aliphatic carbocycles. The molecule has 0 saturated carbocycles. The van der Waals surface area contributed by atoms with Gasteiger partial charge in [0, 0.05) is 5.92 Å². The summed E-state index contributed by atoms with van der Waals surface area (Å²) in [5.41, 5.74) is 0. The fourth-order valence-corrected chi connectivity index (χ4v) is 5.46. The molecule has 4 aliphatic heterocycles. The number of aliphatic hydroxyl groups excluding tert-OH is 14. The topological polar surface area (TPSA) is 348 Å². The molecule has 4 saturated heterocycles. The van der Waals surface area contributed by atoms with Gasteiger partial charge in [-0.15, -0.1) is 0 Å². The van der Waals surface area contributed by atoms with Crippen molar-refractivity contribution in [1.29, 1.82) is 0 Å². The average Bonchev–Trinajstić information content (AvgIpc) is 3.26. The van der Waals surface area contributed by atoms with Crippen LogP contribution in [0.3, 0.4) is 0 Å². The van der Waals surface area contributed by atoms with Crippen molar-refractivity contribution < 1.29 is 105 Å². The normalized spacial score (nSPS) is 52.7. The third kappa shape index (κ3) is 7.29. The SMILES string of the molecule is OC[C@H]1[C@@H](O)[C@@H](O)O[C@H](OC[C@@]2(O[C@H]3O[C@H](CO[C@H]4O[C@H](CO)[C@H](O)[C@H](O)[C@H]4O)[C@@H](O)[C@H](O)[C@H]3O)O[C@H](CO)[C@@H](O)[C@@H]2O)[C@@H]1O. The molecule has 0 amide bonds. The summed E-state index contributed by atoms with van der Waals surface area (Å²) < 4.78 is 37.8. The summed E-state index contributed by atoms with van der Waals surface area (Å²) in [6.45, 7) is -4.16. The average molecular weight is 667 g/mol. The van der Waals surface area contributed by atoms with Crippen LogP contribution in [0.4, 0.5) is 0 Å². The Morgan fingerprint density at radius 3 is 1.62 bits per heavy atom. The Bertz CT molecular complexity index is 931. The standard InChI is InChI=1S/C24H42O21/c25-1-6-10(28)20(38)43-21(11(6)29)40-5-24(19(37)14(32)8(3-27)44-24)45-23-18(36)16(34)13(31)9(42-23)4-39-22-17(35)15(33)12(30)7(2-26)41-22/h6-23,25-38H,1-5H2/t6-,7+,8+,9+,10+,11+,12-,13+,14+,15-,16-,17+,18+,19-,20-,21-,22-,23+,24-/m0/s1. The fourth-order valence-electron chi connectivity index (χ4n) is 5.46. The molecule has 0 aromatic rings. The van der Waals surface area contributed by atoms with E-state index in [-0.39, 0.29) is 0 Å². The van der Waals surface area contributed by atoms with Crippen LogP contribution in [0.2, 0.25) is 0 Å². The molecular formula is C24H42O21. The maximum Gasteiger partial charge on any atom is 0.224 e. The second kappa shape index (κ2) is 15.1. The van der Waals surface area contributed by atoms with Crippen molar-refractivity contribution in [3.8, 4) is 0 Å². The van der Waals surface area contributed by atoms with E-state index in [1.807, 2.05) is 0 Å². The molecular weight excluding hydrogens is 624 g/mol. The van der Waals surface area contributed by atoms with Gasteiger partial charge in [0.1, 0.15) is 86.0 Å². The summed E-state index contributed by atoms with van der Waals surface area (Å²) in [4.78, 5) is 0. The first-order valence-corrected chi connectivity index (χ1v) is 14.1. The predicted molar refractivity (Wildman–Crippen MR) is 134 cm³/mol. The first kappa shape index (κ1) is 37.0. The lowest BCUT2D eigenvalue weighted by Gasteiger charge is -2.45. The van der Waals surface area contributed by atoms with Gasteiger partial charge in [0.05, 0.1) is 26.4 Å². The summed E-state index contributed by atoms with van der Waals surface area (Å²) in [5.74, 6) is -3.91. The summed E-state index contributed by atoms with van der Waals surface area (Å²) in [6, 6.07) is 0. The molecule has 21 heteroatoms. The molecule has 0 aromatic heterocycles. The maximum atomic E-state index is 10.9. The smallest absolute Gasteiger partial charge is 0.224 e. The van der Waals surface area contributed by atoms with Crippen LogP contribution in [-0.2, 0) is 33.2 Å². The third-order valence-corrected chi connectivity index (χ3v) is 8.32. The van der Waals surface area contributed by atoms with Gasteiger partial charge in [-0.25, -0.2) is 0 Å². The molecule has 0 spiro atoms. The Morgan fingerprint density at radius 2 is 1.04 bits per heavy atom. The van der Waals surface area contributed by atoms with E-state index in [2.05, 4.69) is 0 Å². The highest BCUT2D eigenvalue weighted by Crippen LogP contribution is 2.38. The highest BCUT2D eigenvalue weighted by Gasteiger charge is 2.60. The van der Waals surface area contributed by atoms with E-state index in [1.54, 1.807) is 0 Å². The van der Waals surface area contributed by atoms with Crippen LogP contribution < -0.4 is 0 Å². The van der Waals surface area contributed by atoms with E-state index < -0.39 is 149 Å². The van der Waals surface area contributed by atoms with Crippen LogP contribution >= 0.6 is 0 Å². The Hall–Kier alpha value is -0.840. The van der Waals surface area contributed by atoms with Gasteiger partial charge >= 0.3 is 0 Å². The molecule has 264 valence electrons. The molecule has 45 heavy (non-hydrogen) atoms. The van der Waals surface area contributed by atoms with Crippen LogP contribution in [-0.4, -0.2) is 215 Å². The Morgan fingerprint density at radius 1 is 0.489 bits per heavy atom. The first-order valence-electron chi connectivity index (χ1n) is 14.1. The van der Waals surface area contributed by atoms with Crippen molar-refractivity contribution in [1.82, 2.24) is 0 Å². The van der Waals surface area contributed by atoms with Gasteiger partial charge in [-0.3, -0.25) is 0 Å². The van der Waals surface area contributed by atoms with Gasteiger partial charge in [0.2, 0.25) is 5.79 Å². The summed E-state index contributed by atoms with van der Waals surface area (Å²) in [5, 5.41) is 142. The van der Waals surface area contributed by atoms with Crippen molar-refractivity contribution in [2.45, 2.75) is 110 Å². The van der Waals surface area contributed by atoms with Crippen LogP contribution in [0.5, 0.6) is 0 Å². The molecule has 0 aromatic carbocycles. The van der Waals surface area contributed by atoms with Crippen LogP contribution in [0, 0.1) is 5.92 Å². The molecule has 21 nitrogen and oxygen atoms in total. The number of hydrogen-bond donors (Lipinski definition) is 14. The van der Waals surface area contributed by atoms with Crippen molar-refractivity contribution in [3.63, 3.8) is 0 Å². The van der Waals surface area contributed by atoms with Crippen molar-refractivity contribution in [3.05, 3.63) is 0 Å². The van der Waals surface area contributed by atoms with Crippen LogP contribution in [0.1, 0.15) is 0 Å². The van der Waals surface area contributed by atoms with Gasteiger partial charge in [0.15, 0.2) is 25.2 Å². The number of ether oxygens (including phenoxy) is 7. The van der Waals surface area contributed by atoms with Gasteiger partial charge in [-0.05, 0) is 0 Å². The van der Waals surface area contributed by atoms with Gasteiger partial charge in [-0.2, -0.15) is 0 Å². The lowest BCUT2D eigenvalue weighted by atomic mass is 9.93. The highest BCUT2D eigenvalue weighted by molar-refractivity contribution is 4.99. The Balaban J connectivity index is 1.50. The molecule has 14 N–H and O–H groups in total. The van der Waals surface area contributed by atoms with Crippen molar-refractivity contribution >= 4 is 0 Å². The second-order valence-corrected chi connectivity index (χ2v) is 11.3. The van der Waals surface area contributed by atoms with Crippen LogP contribution in [0.15, 0.2) is 0 Å². The summed E-state index contributed by atoms with van der Waals surface area (Å²) in [6.07, 6.45) is -30.5. The third-order valence-electron chi connectivity index (χ3n) is 8.32. The summed E-state index contributed by atoms with van der Waals surface area (Å²) in [7, 11) is 0. The van der Waals surface area contributed by atoms with Gasteiger partial charge in [-0.1, -0.05) is 0 Å². The number of aliphatic hydroxyl groups is 14.